The van der Waals surface area contributed by atoms with Crippen molar-refractivity contribution in [3.8, 4) is 0 Å². The minimum atomic E-state index is -0.0847. The summed E-state index contributed by atoms with van der Waals surface area (Å²) in [5.74, 6) is -0.0847. The Bertz CT molecular complexity index is 177. The van der Waals surface area contributed by atoms with E-state index in [0.29, 0.717) is 6.42 Å². The molecular weight excluding hydrogens is 180 g/mol. The predicted octanol–water partition coefficient (Wildman–Crippen LogP) is 0.233. The molecule has 4 heteroatoms. The van der Waals surface area contributed by atoms with Gasteiger partial charge in [0.15, 0.2) is 0 Å². The van der Waals surface area contributed by atoms with E-state index in [4.69, 9.17) is 4.74 Å². The number of hydrogen-bond donors (Lipinski definition) is 1. The van der Waals surface area contributed by atoms with E-state index >= 15 is 0 Å². The maximum atomic E-state index is 11.2. The lowest BCUT2D eigenvalue weighted by atomic mass is 10.3. The summed E-state index contributed by atoms with van der Waals surface area (Å²) in [5, 5.41) is 3.28. The summed E-state index contributed by atoms with van der Waals surface area (Å²) in [4.78, 5) is 13.5. The van der Waals surface area contributed by atoms with Crippen LogP contribution in [0.25, 0.3) is 0 Å². The number of rotatable bonds is 4. The first-order valence-electron chi connectivity index (χ1n) is 5.31. The van der Waals surface area contributed by atoms with E-state index in [1.807, 2.05) is 13.8 Å². The van der Waals surface area contributed by atoms with Gasteiger partial charge in [0.2, 0.25) is 0 Å². The van der Waals surface area contributed by atoms with E-state index in [2.05, 4.69) is 10.2 Å². The van der Waals surface area contributed by atoms with Gasteiger partial charge in [-0.2, -0.15) is 0 Å². The molecule has 82 valence electrons. The first-order valence-corrected chi connectivity index (χ1v) is 5.31. The van der Waals surface area contributed by atoms with Crippen molar-refractivity contribution >= 4 is 5.97 Å². The highest BCUT2D eigenvalue weighted by molar-refractivity contribution is 5.69. The summed E-state index contributed by atoms with van der Waals surface area (Å²) in [7, 11) is 0. The molecule has 0 saturated carbocycles. The zero-order valence-electron chi connectivity index (χ0n) is 9.08. The minimum absolute atomic E-state index is 0.00511. The number of nitrogens with zero attached hydrogens (tertiary/aromatic N) is 1. The van der Waals surface area contributed by atoms with Crippen LogP contribution in [0.3, 0.4) is 0 Å². The van der Waals surface area contributed by atoms with E-state index in [1.54, 1.807) is 0 Å². The third-order valence-corrected chi connectivity index (χ3v) is 2.21. The van der Waals surface area contributed by atoms with Crippen LogP contribution >= 0.6 is 0 Å². The fourth-order valence-corrected chi connectivity index (χ4v) is 1.51. The van der Waals surface area contributed by atoms with Gasteiger partial charge >= 0.3 is 5.97 Å². The molecule has 1 aliphatic rings. The van der Waals surface area contributed by atoms with Gasteiger partial charge in [-0.3, -0.25) is 4.79 Å². The topological polar surface area (TPSA) is 41.6 Å². The molecule has 0 aromatic heterocycles. The maximum absolute atomic E-state index is 11.2. The van der Waals surface area contributed by atoms with Gasteiger partial charge in [-0.15, -0.1) is 0 Å². The van der Waals surface area contributed by atoms with Gasteiger partial charge in [0.05, 0.1) is 12.5 Å². The van der Waals surface area contributed by atoms with Crippen LogP contribution in [0, 0.1) is 0 Å². The lowest BCUT2D eigenvalue weighted by molar-refractivity contribution is -0.147. The fraction of sp³-hybridized carbons (Fsp3) is 0.900. The van der Waals surface area contributed by atoms with Crippen LogP contribution in [0.2, 0.25) is 0 Å². The van der Waals surface area contributed by atoms with Crippen LogP contribution in [-0.2, 0) is 9.53 Å². The van der Waals surface area contributed by atoms with E-state index in [-0.39, 0.29) is 12.1 Å². The van der Waals surface area contributed by atoms with Gasteiger partial charge in [0.25, 0.3) is 0 Å². The van der Waals surface area contributed by atoms with Crippen LogP contribution in [0.5, 0.6) is 0 Å². The average molecular weight is 200 g/mol. The molecular formula is C10H20N2O2. The zero-order valence-corrected chi connectivity index (χ0v) is 9.08. The molecule has 1 rings (SSSR count). The summed E-state index contributed by atoms with van der Waals surface area (Å²) in [5.41, 5.74) is 0. The lowest BCUT2D eigenvalue weighted by Crippen LogP contribution is -2.44. The lowest BCUT2D eigenvalue weighted by Gasteiger charge is -2.26. The Morgan fingerprint density at radius 3 is 2.64 bits per heavy atom. The number of nitrogens with one attached hydrogen (secondary N) is 1. The molecule has 0 bridgehead atoms. The van der Waals surface area contributed by atoms with Gasteiger partial charge in [0.1, 0.15) is 0 Å². The number of ether oxygens (including phenoxy) is 1. The molecule has 1 heterocycles. The summed E-state index contributed by atoms with van der Waals surface area (Å²) in [6.45, 7) is 8.71. The van der Waals surface area contributed by atoms with Crippen LogP contribution in [0.15, 0.2) is 0 Å². The monoisotopic (exact) mass is 200 g/mol. The molecule has 0 aliphatic carbocycles. The van der Waals surface area contributed by atoms with Gasteiger partial charge in [-0.1, -0.05) is 0 Å². The average Bonchev–Trinajstić information content (AvgIpc) is 2.15. The Morgan fingerprint density at radius 1 is 1.43 bits per heavy atom. The van der Waals surface area contributed by atoms with E-state index < -0.39 is 0 Å². The normalized spacial score (nSPS) is 18.5. The third kappa shape index (κ3) is 4.58. The number of carbonyl (C=O) groups excluding carboxylic acids is 1. The van der Waals surface area contributed by atoms with Crippen LogP contribution in [-0.4, -0.2) is 49.7 Å². The maximum Gasteiger partial charge on any atom is 0.307 e. The summed E-state index contributed by atoms with van der Waals surface area (Å²) in [6, 6.07) is 0. The number of hydrogen-bond acceptors (Lipinski definition) is 4. The molecule has 0 aromatic rings. The third-order valence-electron chi connectivity index (χ3n) is 2.21. The summed E-state index contributed by atoms with van der Waals surface area (Å²) in [6.07, 6.45) is 0.517. The van der Waals surface area contributed by atoms with Gasteiger partial charge in [-0.05, 0) is 13.8 Å². The first-order chi connectivity index (χ1) is 6.68. The van der Waals surface area contributed by atoms with Crippen LogP contribution in [0.4, 0.5) is 0 Å². The fourth-order valence-electron chi connectivity index (χ4n) is 1.51. The van der Waals surface area contributed by atoms with E-state index in [1.165, 1.54) is 0 Å². The van der Waals surface area contributed by atoms with E-state index in [0.717, 1.165) is 32.7 Å². The highest BCUT2D eigenvalue weighted by Gasteiger charge is 2.12. The van der Waals surface area contributed by atoms with Crippen molar-refractivity contribution in [3.05, 3.63) is 0 Å². The Hall–Kier alpha value is -0.610. The second kappa shape index (κ2) is 5.98. The van der Waals surface area contributed by atoms with Gasteiger partial charge < -0.3 is 15.0 Å². The van der Waals surface area contributed by atoms with Crippen molar-refractivity contribution in [2.75, 3.05) is 32.7 Å². The Balaban J connectivity index is 2.09. The highest BCUT2D eigenvalue weighted by Crippen LogP contribution is 1.98. The molecule has 0 unspecified atom stereocenters. The first kappa shape index (κ1) is 11.5. The quantitative estimate of drug-likeness (QED) is 0.660. The standard InChI is InChI=1S/C10H20N2O2/c1-9(2)14-10(13)3-6-12-7-4-11-5-8-12/h9,11H,3-8H2,1-2H3. The van der Waals surface area contributed by atoms with Crippen molar-refractivity contribution < 1.29 is 9.53 Å². The van der Waals surface area contributed by atoms with Crippen molar-refractivity contribution in [2.45, 2.75) is 26.4 Å². The molecule has 1 fully saturated rings. The van der Waals surface area contributed by atoms with E-state index in [9.17, 15) is 4.79 Å². The molecule has 1 N–H and O–H groups in total. The molecule has 0 amide bonds. The van der Waals surface area contributed by atoms with Crippen molar-refractivity contribution in [1.82, 2.24) is 10.2 Å². The van der Waals surface area contributed by atoms with Crippen molar-refractivity contribution in [2.24, 2.45) is 0 Å². The van der Waals surface area contributed by atoms with Crippen LogP contribution < -0.4 is 5.32 Å². The van der Waals surface area contributed by atoms with Crippen molar-refractivity contribution in [1.29, 1.82) is 0 Å². The number of piperazine rings is 1. The molecule has 1 aliphatic heterocycles. The highest BCUT2D eigenvalue weighted by atomic mass is 16.5. The summed E-state index contributed by atoms with van der Waals surface area (Å²) >= 11 is 0. The second-order valence-corrected chi connectivity index (χ2v) is 3.88. The molecule has 0 atom stereocenters. The molecule has 0 radical (unpaired) electrons. The predicted molar refractivity (Wildman–Crippen MR) is 55.2 cm³/mol. The zero-order chi connectivity index (χ0) is 10.4. The van der Waals surface area contributed by atoms with Crippen molar-refractivity contribution in [3.63, 3.8) is 0 Å². The summed E-state index contributed by atoms with van der Waals surface area (Å²) < 4.78 is 5.06. The SMILES string of the molecule is CC(C)OC(=O)CCN1CCNCC1. The van der Waals surface area contributed by atoms with Gasteiger partial charge in [0, 0.05) is 32.7 Å². The Morgan fingerprint density at radius 2 is 2.07 bits per heavy atom. The smallest absolute Gasteiger partial charge is 0.307 e. The second-order valence-electron chi connectivity index (χ2n) is 3.88. The van der Waals surface area contributed by atoms with Gasteiger partial charge in [-0.25, -0.2) is 0 Å². The molecule has 4 nitrogen and oxygen atoms in total. The Labute approximate surface area is 85.6 Å². The largest absolute Gasteiger partial charge is 0.463 e. The molecule has 1 saturated heterocycles. The molecule has 0 aromatic carbocycles. The number of esters is 1. The molecule has 0 spiro atoms. The molecule has 14 heavy (non-hydrogen) atoms. The number of carbonyl (C=O) groups is 1. The van der Waals surface area contributed by atoms with Crippen LogP contribution in [0.1, 0.15) is 20.3 Å². The Kier molecular flexibility index (Phi) is 4.90. The minimum Gasteiger partial charge on any atom is -0.463 e.